The lowest BCUT2D eigenvalue weighted by molar-refractivity contribution is -0.115. The number of nitrogens with zero attached hydrogens (tertiary/aromatic N) is 2. The van der Waals surface area contributed by atoms with Gasteiger partial charge in [0.15, 0.2) is 11.5 Å². The maximum absolute atomic E-state index is 12.5. The lowest BCUT2D eigenvalue weighted by atomic mass is 10.2. The van der Waals surface area contributed by atoms with Gasteiger partial charge >= 0.3 is 0 Å². The number of thioether (sulfide) groups is 1. The molecule has 0 aliphatic heterocycles. The van der Waals surface area contributed by atoms with E-state index in [-0.39, 0.29) is 11.1 Å². The van der Waals surface area contributed by atoms with Crippen molar-refractivity contribution in [2.75, 3.05) is 26.6 Å². The van der Waals surface area contributed by atoms with E-state index >= 15 is 0 Å². The number of nitrogens with one attached hydrogen (secondary N) is 1. The zero-order valence-corrected chi connectivity index (χ0v) is 17.3. The maximum atomic E-state index is 12.5. The van der Waals surface area contributed by atoms with Gasteiger partial charge in [-0.3, -0.25) is 4.79 Å². The zero-order valence-electron chi connectivity index (χ0n) is 16.5. The van der Waals surface area contributed by atoms with Crippen LogP contribution in [0, 0.1) is 0 Å². The molecule has 0 saturated carbocycles. The number of rotatable bonds is 8. The Labute approximate surface area is 172 Å². The molecule has 0 unspecified atom stereocenters. The lowest BCUT2D eigenvalue weighted by Crippen LogP contribution is -2.22. The second-order valence-electron chi connectivity index (χ2n) is 5.89. The molecule has 0 fully saturated rings. The average molecular weight is 415 g/mol. The molecule has 1 amide bonds. The highest BCUT2D eigenvalue weighted by atomic mass is 32.2. The molecule has 0 saturated heterocycles. The molecule has 1 aromatic heterocycles. The third-order valence-corrected chi connectivity index (χ3v) is 4.98. The van der Waals surface area contributed by atoms with E-state index in [0.29, 0.717) is 34.4 Å². The first-order chi connectivity index (χ1) is 14.0. The molecule has 29 heavy (non-hydrogen) atoms. The summed E-state index contributed by atoms with van der Waals surface area (Å²) in [7, 11) is 4.67. The van der Waals surface area contributed by atoms with Crippen molar-refractivity contribution in [3.05, 3.63) is 42.5 Å². The number of benzene rings is 2. The van der Waals surface area contributed by atoms with Crippen LogP contribution < -0.4 is 19.5 Å². The van der Waals surface area contributed by atoms with E-state index in [9.17, 15) is 4.79 Å². The smallest absolute Gasteiger partial charge is 0.277 e. The minimum atomic E-state index is -0.460. The quantitative estimate of drug-likeness (QED) is 0.554. The molecule has 1 N–H and O–H groups in total. The Hall–Kier alpha value is -3.20. The standard InChI is InChI=1S/C20H21N3O5S/c1-12(18(24)21-14-7-5-6-8-15(14)25-2)29-20-23-22-19(28-20)13-9-10-16(26-3)17(11-13)27-4/h5-12H,1-4H3,(H,21,24)/t12-/m1/s1. The third kappa shape index (κ3) is 4.80. The Kier molecular flexibility index (Phi) is 6.61. The topological polar surface area (TPSA) is 95.7 Å². The van der Waals surface area contributed by atoms with E-state index in [4.69, 9.17) is 18.6 Å². The summed E-state index contributed by atoms with van der Waals surface area (Å²) in [5.74, 6) is 1.87. The van der Waals surface area contributed by atoms with Crippen molar-refractivity contribution in [3.63, 3.8) is 0 Å². The lowest BCUT2D eigenvalue weighted by Gasteiger charge is -2.12. The molecule has 0 bridgehead atoms. The van der Waals surface area contributed by atoms with Gasteiger partial charge in [0.1, 0.15) is 5.75 Å². The fourth-order valence-corrected chi connectivity index (χ4v) is 3.21. The van der Waals surface area contributed by atoms with Gasteiger partial charge in [0.25, 0.3) is 5.22 Å². The molecule has 9 heteroatoms. The van der Waals surface area contributed by atoms with Crippen LogP contribution in [0.4, 0.5) is 5.69 Å². The molecular formula is C20H21N3O5S. The largest absolute Gasteiger partial charge is 0.495 e. The van der Waals surface area contributed by atoms with Gasteiger partial charge in [-0.15, -0.1) is 10.2 Å². The van der Waals surface area contributed by atoms with Crippen LogP contribution in [0.5, 0.6) is 17.2 Å². The molecule has 0 spiro atoms. The van der Waals surface area contributed by atoms with E-state index in [2.05, 4.69) is 15.5 Å². The van der Waals surface area contributed by atoms with Crippen molar-refractivity contribution in [1.29, 1.82) is 0 Å². The number of aromatic nitrogens is 2. The summed E-state index contributed by atoms with van der Waals surface area (Å²) in [6.07, 6.45) is 0. The highest BCUT2D eigenvalue weighted by Gasteiger charge is 2.20. The van der Waals surface area contributed by atoms with Crippen molar-refractivity contribution >= 4 is 23.4 Å². The molecule has 1 atom stereocenters. The molecule has 3 rings (SSSR count). The Morgan fingerprint density at radius 3 is 2.45 bits per heavy atom. The van der Waals surface area contributed by atoms with Crippen molar-refractivity contribution in [2.45, 2.75) is 17.4 Å². The zero-order chi connectivity index (χ0) is 20.8. The van der Waals surface area contributed by atoms with E-state index in [1.165, 1.54) is 11.8 Å². The molecular weight excluding hydrogens is 394 g/mol. The molecule has 3 aromatic rings. The number of amides is 1. The Bertz CT molecular complexity index is 992. The Morgan fingerprint density at radius 1 is 1.00 bits per heavy atom. The van der Waals surface area contributed by atoms with Crippen LogP contribution in [0.25, 0.3) is 11.5 Å². The minimum Gasteiger partial charge on any atom is -0.495 e. The SMILES string of the molecule is COc1ccccc1NC(=O)[C@@H](C)Sc1nnc(-c2ccc(OC)c(OC)c2)o1. The van der Waals surface area contributed by atoms with E-state index in [0.717, 1.165) is 0 Å². The number of methoxy groups -OCH3 is 3. The predicted octanol–water partition coefficient (Wildman–Crippen LogP) is 3.88. The second kappa shape index (κ2) is 9.33. The van der Waals surface area contributed by atoms with Gasteiger partial charge in [0.05, 0.1) is 32.3 Å². The van der Waals surface area contributed by atoms with Crippen LogP contribution in [0.1, 0.15) is 6.92 Å². The number of hydrogen-bond acceptors (Lipinski definition) is 8. The van der Waals surface area contributed by atoms with Gasteiger partial charge in [0, 0.05) is 5.56 Å². The number of carbonyl (C=O) groups is 1. The van der Waals surface area contributed by atoms with Gasteiger partial charge in [0.2, 0.25) is 11.8 Å². The normalized spacial score (nSPS) is 11.6. The monoisotopic (exact) mass is 415 g/mol. The Morgan fingerprint density at radius 2 is 1.72 bits per heavy atom. The predicted molar refractivity (Wildman–Crippen MR) is 110 cm³/mol. The van der Waals surface area contributed by atoms with Crippen LogP contribution in [0.3, 0.4) is 0 Å². The minimum absolute atomic E-state index is 0.203. The first-order valence-corrected chi connectivity index (χ1v) is 9.60. The molecule has 1 heterocycles. The fraction of sp³-hybridized carbons (Fsp3) is 0.250. The van der Waals surface area contributed by atoms with Crippen LogP contribution in [0.15, 0.2) is 52.1 Å². The average Bonchev–Trinajstić information content (AvgIpc) is 3.21. The van der Waals surface area contributed by atoms with Crippen molar-refractivity contribution in [3.8, 4) is 28.7 Å². The summed E-state index contributed by atoms with van der Waals surface area (Å²) in [5, 5.41) is 10.8. The molecule has 0 aliphatic rings. The first-order valence-electron chi connectivity index (χ1n) is 8.72. The van der Waals surface area contributed by atoms with Crippen LogP contribution >= 0.6 is 11.8 Å². The van der Waals surface area contributed by atoms with E-state index < -0.39 is 5.25 Å². The first kappa shape index (κ1) is 20.5. The number of hydrogen-bond donors (Lipinski definition) is 1. The number of carbonyl (C=O) groups excluding carboxylic acids is 1. The fourth-order valence-electron chi connectivity index (χ4n) is 2.53. The summed E-state index contributed by atoms with van der Waals surface area (Å²) in [6, 6.07) is 12.5. The molecule has 8 nitrogen and oxygen atoms in total. The van der Waals surface area contributed by atoms with E-state index in [1.807, 2.05) is 12.1 Å². The summed E-state index contributed by atoms with van der Waals surface area (Å²) in [4.78, 5) is 12.5. The summed E-state index contributed by atoms with van der Waals surface area (Å²) < 4.78 is 21.5. The highest BCUT2D eigenvalue weighted by molar-refractivity contribution is 8.00. The van der Waals surface area contributed by atoms with Crippen molar-refractivity contribution in [1.82, 2.24) is 10.2 Å². The van der Waals surface area contributed by atoms with Gasteiger partial charge < -0.3 is 23.9 Å². The van der Waals surface area contributed by atoms with Crippen LogP contribution in [0.2, 0.25) is 0 Å². The van der Waals surface area contributed by atoms with Crippen LogP contribution in [-0.4, -0.2) is 42.7 Å². The maximum Gasteiger partial charge on any atom is 0.277 e. The number of ether oxygens (including phenoxy) is 3. The van der Waals surface area contributed by atoms with Gasteiger partial charge in [-0.2, -0.15) is 0 Å². The second-order valence-corrected chi connectivity index (χ2v) is 7.18. The molecule has 152 valence electrons. The molecule has 0 radical (unpaired) electrons. The highest BCUT2D eigenvalue weighted by Crippen LogP contribution is 2.33. The third-order valence-electron chi connectivity index (χ3n) is 4.05. The van der Waals surface area contributed by atoms with Gasteiger partial charge in [-0.25, -0.2) is 0 Å². The van der Waals surface area contributed by atoms with Gasteiger partial charge in [-0.1, -0.05) is 23.9 Å². The summed E-state index contributed by atoms with van der Waals surface area (Å²) in [6.45, 7) is 1.76. The number of anilines is 1. The van der Waals surface area contributed by atoms with Crippen LogP contribution in [-0.2, 0) is 4.79 Å². The summed E-state index contributed by atoms with van der Waals surface area (Å²) >= 11 is 1.17. The number of para-hydroxylation sites is 2. The summed E-state index contributed by atoms with van der Waals surface area (Å²) in [5.41, 5.74) is 1.29. The Balaban J connectivity index is 1.68. The van der Waals surface area contributed by atoms with E-state index in [1.54, 1.807) is 58.6 Å². The molecule has 2 aromatic carbocycles. The van der Waals surface area contributed by atoms with Crippen molar-refractivity contribution in [2.24, 2.45) is 0 Å². The molecule has 0 aliphatic carbocycles. The van der Waals surface area contributed by atoms with Gasteiger partial charge in [-0.05, 0) is 37.3 Å². The van der Waals surface area contributed by atoms with Crippen molar-refractivity contribution < 1.29 is 23.4 Å².